The van der Waals surface area contributed by atoms with Gasteiger partial charge in [0.2, 0.25) is 6.10 Å². The molecular formula is C24H25ClN2O4. The Balaban J connectivity index is 1.89. The van der Waals surface area contributed by atoms with Gasteiger partial charge in [-0.2, -0.15) is 0 Å². The summed E-state index contributed by atoms with van der Waals surface area (Å²) >= 11 is 5.95. The van der Waals surface area contributed by atoms with E-state index in [1.165, 1.54) is 0 Å². The SMILES string of the molecule is Cc1cc(C)nc(O[C@H](C(=O)O)[C@](C)(OCCc2ccc(Cl)cc2)c2ccccc2)n1. The van der Waals surface area contributed by atoms with E-state index < -0.39 is 17.7 Å². The Bertz CT molecular complexity index is 1010. The van der Waals surface area contributed by atoms with Gasteiger partial charge in [0, 0.05) is 16.4 Å². The molecule has 0 unspecified atom stereocenters. The van der Waals surface area contributed by atoms with Crippen LogP contribution in [0.5, 0.6) is 6.01 Å². The molecule has 0 saturated heterocycles. The molecule has 7 heteroatoms. The van der Waals surface area contributed by atoms with E-state index in [-0.39, 0.29) is 12.6 Å². The van der Waals surface area contributed by atoms with Gasteiger partial charge in [0.25, 0.3) is 0 Å². The van der Waals surface area contributed by atoms with Crippen LogP contribution in [0.25, 0.3) is 0 Å². The first-order chi connectivity index (χ1) is 14.8. The lowest BCUT2D eigenvalue weighted by Crippen LogP contribution is -2.49. The molecule has 162 valence electrons. The number of halogens is 1. The maximum Gasteiger partial charge on any atom is 0.348 e. The van der Waals surface area contributed by atoms with Crippen LogP contribution in [0, 0.1) is 13.8 Å². The minimum Gasteiger partial charge on any atom is -0.478 e. The van der Waals surface area contributed by atoms with Gasteiger partial charge in [0.15, 0.2) is 0 Å². The maximum absolute atomic E-state index is 12.3. The molecular weight excluding hydrogens is 416 g/mol. The summed E-state index contributed by atoms with van der Waals surface area (Å²) in [6.45, 7) is 5.60. The number of carboxylic acid groups (broad SMARTS) is 1. The fourth-order valence-electron chi connectivity index (χ4n) is 3.36. The summed E-state index contributed by atoms with van der Waals surface area (Å²) in [4.78, 5) is 20.8. The van der Waals surface area contributed by atoms with Crippen LogP contribution in [0.1, 0.15) is 29.4 Å². The van der Waals surface area contributed by atoms with Gasteiger partial charge in [0.1, 0.15) is 5.60 Å². The monoisotopic (exact) mass is 440 g/mol. The third-order valence-electron chi connectivity index (χ3n) is 4.96. The molecule has 6 nitrogen and oxygen atoms in total. The van der Waals surface area contributed by atoms with Crippen molar-refractivity contribution >= 4 is 17.6 Å². The minimum absolute atomic E-state index is 0.00774. The van der Waals surface area contributed by atoms with Gasteiger partial charge in [0.05, 0.1) is 6.61 Å². The molecule has 31 heavy (non-hydrogen) atoms. The second-order valence-corrected chi connectivity index (χ2v) is 7.90. The topological polar surface area (TPSA) is 81.5 Å². The molecule has 0 aliphatic carbocycles. The van der Waals surface area contributed by atoms with Crippen LogP contribution in [0.3, 0.4) is 0 Å². The van der Waals surface area contributed by atoms with Crippen LogP contribution in [0.4, 0.5) is 0 Å². The summed E-state index contributed by atoms with van der Waals surface area (Å²) in [5.74, 6) is -1.17. The van der Waals surface area contributed by atoms with Crippen molar-refractivity contribution in [1.82, 2.24) is 9.97 Å². The molecule has 3 aromatic rings. The zero-order chi connectivity index (χ0) is 22.4. The van der Waals surface area contributed by atoms with Crippen molar-refractivity contribution < 1.29 is 19.4 Å². The average molecular weight is 441 g/mol. The van der Waals surface area contributed by atoms with Gasteiger partial charge in [-0.05, 0) is 56.5 Å². The van der Waals surface area contributed by atoms with Crippen molar-refractivity contribution in [2.24, 2.45) is 0 Å². The van der Waals surface area contributed by atoms with Crippen molar-refractivity contribution in [3.05, 3.63) is 88.2 Å². The number of rotatable bonds is 9. The number of aliphatic carboxylic acids is 1. The largest absolute Gasteiger partial charge is 0.478 e. The molecule has 0 aliphatic rings. The molecule has 0 saturated carbocycles. The number of carboxylic acids is 1. The zero-order valence-corrected chi connectivity index (χ0v) is 18.5. The fourth-order valence-corrected chi connectivity index (χ4v) is 3.49. The highest BCUT2D eigenvalue weighted by atomic mass is 35.5. The Kier molecular flexibility index (Phi) is 7.25. The highest BCUT2D eigenvalue weighted by Gasteiger charge is 2.44. The molecule has 2 aromatic carbocycles. The summed E-state index contributed by atoms with van der Waals surface area (Å²) in [5.41, 5.74) is 1.82. The Hall–Kier alpha value is -2.96. The van der Waals surface area contributed by atoms with Gasteiger partial charge in [-0.25, -0.2) is 14.8 Å². The fraction of sp³-hybridized carbons (Fsp3) is 0.292. The Morgan fingerprint density at radius 1 is 1.06 bits per heavy atom. The molecule has 0 radical (unpaired) electrons. The number of nitrogens with zero attached hydrogens (tertiary/aromatic N) is 2. The predicted molar refractivity (Wildman–Crippen MR) is 118 cm³/mol. The lowest BCUT2D eigenvalue weighted by molar-refractivity contribution is -0.168. The molecule has 0 fully saturated rings. The quantitative estimate of drug-likeness (QED) is 0.517. The lowest BCUT2D eigenvalue weighted by atomic mass is 9.89. The molecule has 1 aromatic heterocycles. The van der Waals surface area contributed by atoms with Gasteiger partial charge < -0.3 is 14.6 Å². The Morgan fingerprint density at radius 2 is 1.68 bits per heavy atom. The molecule has 1 heterocycles. The van der Waals surface area contributed by atoms with Gasteiger partial charge in [-0.1, -0.05) is 54.1 Å². The van der Waals surface area contributed by atoms with Crippen LogP contribution < -0.4 is 4.74 Å². The minimum atomic E-state index is -1.36. The van der Waals surface area contributed by atoms with E-state index in [0.29, 0.717) is 28.4 Å². The Morgan fingerprint density at radius 3 is 2.26 bits per heavy atom. The Labute approximate surface area is 186 Å². The number of carbonyl (C=O) groups is 1. The van der Waals surface area contributed by atoms with Crippen LogP contribution in [0.2, 0.25) is 5.02 Å². The standard InChI is InChI=1S/C24H25ClN2O4/c1-16-15-17(2)27-23(26-16)31-21(22(28)29)24(3,19-7-5-4-6-8-19)30-14-13-18-9-11-20(25)12-10-18/h4-12,15,21H,13-14H2,1-3H3,(H,28,29)/t21-,24-/m1/s1. The highest BCUT2D eigenvalue weighted by Crippen LogP contribution is 2.32. The molecule has 0 bridgehead atoms. The van der Waals surface area contributed by atoms with E-state index >= 15 is 0 Å². The first kappa shape index (κ1) is 22.7. The maximum atomic E-state index is 12.3. The van der Waals surface area contributed by atoms with Crippen molar-refractivity contribution in [2.75, 3.05) is 6.61 Å². The number of aryl methyl sites for hydroxylation is 2. The van der Waals surface area contributed by atoms with Crippen molar-refractivity contribution in [2.45, 2.75) is 38.9 Å². The molecule has 1 N–H and O–H groups in total. The number of hydrogen-bond acceptors (Lipinski definition) is 5. The number of benzene rings is 2. The number of aromatic nitrogens is 2. The summed E-state index contributed by atoms with van der Waals surface area (Å²) in [6, 6.07) is 18.4. The van der Waals surface area contributed by atoms with Crippen LogP contribution in [-0.4, -0.2) is 33.8 Å². The second kappa shape index (κ2) is 9.90. The normalized spacial score (nSPS) is 13.9. The molecule has 0 spiro atoms. The van der Waals surface area contributed by atoms with Gasteiger partial charge >= 0.3 is 12.0 Å². The number of hydrogen-bond donors (Lipinski definition) is 1. The molecule has 0 amide bonds. The van der Waals surface area contributed by atoms with Crippen LogP contribution in [0.15, 0.2) is 60.7 Å². The van der Waals surface area contributed by atoms with Crippen LogP contribution in [-0.2, 0) is 21.6 Å². The lowest BCUT2D eigenvalue weighted by Gasteiger charge is -2.35. The third kappa shape index (κ3) is 5.81. The van der Waals surface area contributed by atoms with Gasteiger partial charge in [-0.3, -0.25) is 0 Å². The highest BCUT2D eigenvalue weighted by molar-refractivity contribution is 6.30. The van der Waals surface area contributed by atoms with E-state index in [9.17, 15) is 9.90 Å². The molecule has 0 aliphatic heterocycles. The molecule has 2 atom stereocenters. The third-order valence-corrected chi connectivity index (χ3v) is 5.21. The van der Waals surface area contributed by atoms with Crippen LogP contribution >= 0.6 is 11.6 Å². The number of ether oxygens (including phenoxy) is 2. The van der Waals surface area contributed by atoms with Gasteiger partial charge in [-0.15, -0.1) is 0 Å². The van der Waals surface area contributed by atoms with Crippen molar-refractivity contribution in [3.8, 4) is 6.01 Å². The molecule has 3 rings (SSSR count). The summed E-state index contributed by atoms with van der Waals surface area (Å²) in [5, 5.41) is 10.7. The summed E-state index contributed by atoms with van der Waals surface area (Å²) in [6.07, 6.45) is -0.771. The van der Waals surface area contributed by atoms with E-state index in [2.05, 4.69) is 9.97 Å². The first-order valence-electron chi connectivity index (χ1n) is 9.93. The van der Waals surface area contributed by atoms with E-state index in [0.717, 1.165) is 5.56 Å². The average Bonchev–Trinajstić information content (AvgIpc) is 2.73. The second-order valence-electron chi connectivity index (χ2n) is 7.47. The van der Waals surface area contributed by atoms with Crippen molar-refractivity contribution in [3.63, 3.8) is 0 Å². The van der Waals surface area contributed by atoms with E-state index in [1.54, 1.807) is 26.8 Å². The zero-order valence-electron chi connectivity index (χ0n) is 17.7. The smallest absolute Gasteiger partial charge is 0.348 e. The van der Waals surface area contributed by atoms with Crippen molar-refractivity contribution in [1.29, 1.82) is 0 Å². The predicted octanol–water partition coefficient (Wildman–Crippen LogP) is 4.75. The van der Waals surface area contributed by atoms with E-state index in [4.69, 9.17) is 21.1 Å². The van der Waals surface area contributed by atoms with E-state index in [1.807, 2.05) is 54.6 Å². The summed E-state index contributed by atoms with van der Waals surface area (Å²) in [7, 11) is 0. The first-order valence-corrected chi connectivity index (χ1v) is 10.3. The summed E-state index contributed by atoms with van der Waals surface area (Å²) < 4.78 is 12.0.